The Morgan fingerprint density at radius 2 is 2.27 bits per heavy atom. The molecule has 0 fully saturated rings. The van der Waals surface area contributed by atoms with Crippen molar-refractivity contribution in [1.82, 2.24) is 25.2 Å². The number of carbonyl (C=O) groups excluding carboxylic acids is 1. The molecule has 0 aliphatic carbocycles. The van der Waals surface area contributed by atoms with Crippen LogP contribution in [0, 0.1) is 0 Å². The van der Waals surface area contributed by atoms with Crippen molar-refractivity contribution in [3.05, 3.63) is 12.4 Å². The van der Waals surface area contributed by atoms with Gasteiger partial charge in [0, 0.05) is 39.8 Å². The topological polar surface area (TPSA) is 63.1 Å². The summed E-state index contributed by atoms with van der Waals surface area (Å²) < 4.78 is 1.75. The quantitative estimate of drug-likeness (QED) is 0.635. The lowest BCUT2D eigenvalue weighted by Crippen LogP contribution is -2.28. The summed E-state index contributed by atoms with van der Waals surface area (Å²) in [4.78, 5) is 12.8. The first-order chi connectivity index (χ1) is 7.20. The Kier molecular flexibility index (Phi) is 4.76. The number of hydrogen-bond donors (Lipinski definition) is 1. The summed E-state index contributed by atoms with van der Waals surface area (Å²) in [5, 5.41) is 10.7. The Bertz CT molecular complexity index is 283. The number of nitrogens with zero attached hydrogens (tertiary/aromatic N) is 4. The molecule has 0 unspecified atom stereocenters. The summed E-state index contributed by atoms with van der Waals surface area (Å²) in [5.41, 5.74) is 0. The Balaban J connectivity index is 2.00. The summed E-state index contributed by atoms with van der Waals surface area (Å²) in [7, 11) is 3.52. The van der Waals surface area contributed by atoms with Gasteiger partial charge in [0.2, 0.25) is 5.91 Å². The van der Waals surface area contributed by atoms with Gasteiger partial charge >= 0.3 is 0 Å². The lowest BCUT2D eigenvalue weighted by atomic mass is 10.4. The Morgan fingerprint density at radius 1 is 1.47 bits per heavy atom. The van der Waals surface area contributed by atoms with E-state index in [0.29, 0.717) is 13.0 Å². The fourth-order valence-electron chi connectivity index (χ4n) is 1.09. The normalized spacial score (nSPS) is 10.3. The van der Waals surface area contributed by atoms with Crippen LogP contribution in [0.15, 0.2) is 12.4 Å². The standard InChI is InChI=1S/C9H17N5O/c1-13(2)9(15)3-4-10-5-7-14-8-6-11-12-14/h6,8,10H,3-5,7H2,1-2H3. The van der Waals surface area contributed by atoms with Gasteiger partial charge in [0.15, 0.2) is 0 Å². The van der Waals surface area contributed by atoms with Crippen LogP contribution in [-0.4, -0.2) is 53.0 Å². The molecule has 1 aromatic heterocycles. The first-order valence-corrected chi connectivity index (χ1v) is 4.95. The molecule has 1 aromatic rings. The van der Waals surface area contributed by atoms with Gasteiger partial charge in [-0.05, 0) is 0 Å². The molecule has 1 amide bonds. The van der Waals surface area contributed by atoms with Crippen LogP contribution in [0.25, 0.3) is 0 Å². The second-order valence-corrected chi connectivity index (χ2v) is 3.45. The second kappa shape index (κ2) is 6.13. The molecule has 6 heteroatoms. The number of nitrogens with one attached hydrogen (secondary N) is 1. The Hall–Kier alpha value is -1.43. The monoisotopic (exact) mass is 211 g/mol. The third-order valence-electron chi connectivity index (χ3n) is 2.00. The molecule has 0 spiro atoms. The maximum Gasteiger partial charge on any atom is 0.223 e. The van der Waals surface area contributed by atoms with E-state index < -0.39 is 0 Å². The molecule has 84 valence electrons. The zero-order valence-electron chi connectivity index (χ0n) is 9.18. The average molecular weight is 211 g/mol. The summed E-state index contributed by atoms with van der Waals surface area (Å²) in [5.74, 6) is 0.142. The molecule has 0 radical (unpaired) electrons. The molecule has 0 aliphatic heterocycles. The van der Waals surface area contributed by atoms with Gasteiger partial charge in [0.25, 0.3) is 0 Å². The van der Waals surface area contributed by atoms with Crippen molar-refractivity contribution >= 4 is 5.91 Å². The number of carbonyl (C=O) groups is 1. The van der Waals surface area contributed by atoms with Crippen LogP contribution in [0.3, 0.4) is 0 Å². The lowest BCUT2D eigenvalue weighted by molar-refractivity contribution is -0.128. The second-order valence-electron chi connectivity index (χ2n) is 3.45. The van der Waals surface area contributed by atoms with E-state index in [1.807, 2.05) is 6.20 Å². The van der Waals surface area contributed by atoms with Gasteiger partial charge in [0.1, 0.15) is 0 Å². The van der Waals surface area contributed by atoms with Gasteiger partial charge in [-0.15, -0.1) is 5.10 Å². The zero-order chi connectivity index (χ0) is 11.1. The van der Waals surface area contributed by atoms with Crippen molar-refractivity contribution in [3.8, 4) is 0 Å². The lowest BCUT2D eigenvalue weighted by Gasteiger charge is -2.10. The third-order valence-corrected chi connectivity index (χ3v) is 2.00. The number of aromatic nitrogens is 3. The Morgan fingerprint density at radius 3 is 2.87 bits per heavy atom. The molecule has 0 bridgehead atoms. The third kappa shape index (κ3) is 4.55. The van der Waals surface area contributed by atoms with E-state index in [0.717, 1.165) is 13.1 Å². The van der Waals surface area contributed by atoms with Crippen LogP contribution in [0.4, 0.5) is 0 Å². The maximum absolute atomic E-state index is 11.2. The van der Waals surface area contributed by atoms with Crippen molar-refractivity contribution in [2.45, 2.75) is 13.0 Å². The van der Waals surface area contributed by atoms with E-state index in [-0.39, 0.29) is 5.91 Å². The van der Waals surface area contributed by atoms with Gasteiger partial charge in [-0.25, -0.2) is 0 Å². The van der Waals surface area contributed by atoms with Crippen molar-refractivity contribution in [1.29, 1.82) is 0 Å². The summed E-state index contributed by atoms with van der Waals surface area (Å²) in [6, 6.07) is 0. The fraction of sp³-hybridized carbons (Fsp3) is 0.667. The van der Waals surface area contributed by atoms with Crippen LogP contribution in [0.1, 0.15) is 6.42 Å². The highest BCUT2D eigenvalue weighted by molar-refractivity contribution is 5.75. The minimum atomic E-state index is 0.142. The highest BCUT2D eigenvalue weighted by atomic mass is 16.2. The van der Waals surface area contributed by atoms with Crippen molar-refractivity contribution < 1.29 is 4.79 Å². The first-order valence-electron chi connectivity index (χ1n) is 4.95. The van der Waals surface area contributed by atoms with Crippen LogP contribution >= 0.6 is 0 Å². The number of hydrogen-bond acceptors (Lipinski definition) is 4. The van der Waals surface area contributed by atoms with Crippen molar-refractivity contribution in [3.63, 3.8) is 0 Å². The molecular formula is C9H17N5O. The molecule has 0 atom stereocenters. The summed E-state index contributed by atoms with van der Waals surface area (Å²) in [6.45, 7) is 2.27. The molecule has 1 heterocycles. The SMILES string of the molecule is CN(C)C(=O)CCNCCn1ccnn1. The van der Waals surface area contributed by atoms with E-state index in [1.165, 1.54) is 0 Å². The predicted octanol–water partition coefficient (Wildman–Crippen LogP) is -0.654. The largest absolute Gasteiger partial charge is 0.349 e. The smallest absolute Gasteiger partial charge is 0.223 e. The molecule has 0 saturated carbocycles. The summed E-state index contributed by atoms with van der Waals surface area (Å²) in [6.07, 6.45) is 3.99. The molecule has 1 rings (SSSR count). The van der Waals surface area contributed by atoms with Gasteiger partial charge in [-0.3, -0.25) is 9.48 Å². The van der Waals surface area contributed by atoms with Gasteiger partial charge < -0.3 is 10.2 Å². The number of amides is 1. The van der Waals surface area contributed by atoms with Crippen LogP contribution in [-0.2, 0) is 11.3 Å². The molecule has 0 saturated heterocycles. The predicted molar refractivity (Wildman–Crippen MR) is 56.2 cm³/mol. The molecule has 15 heavy (non-hydrogen) atoms. The minimum Gasteiger partial charge on any atom is -0.349 e. The highest BCUT2D eigenvalue weighted by Gasteiger charge is 2.01. The van der Waals surface area contributed by atoms with Crippen molar-refractivity contribution in [2.24, 2.45) is 0 Å². The van der Waals surface area contributed by atoms with Crippen LogP contribution in [0.5, 0.6) is 0 Å². The highest BCUT2D eigenvalue weighted by Crippen LogP contribution is 1.85. The van der Waals surface area contributed by atoms with Crippen molar-refractivity contribution in [2.75, 3.05) is 27.2 Å². The van der Waals surface area contributed by atoms with E-state index in [4.69, 9.17) is 0 Å². The molecule has 6 nitrogen and oxygen atoms in total. The van der Waals surface area contributed by atoms with Gasteiger partial charge in [-0.1, -0.05) is 5.21 Å². The molecule has 0 aromatic carbocycles. The number of rotatable bonds is 6. The fourth-order valence-corrected chi connectivity index (χ4v) is 1.09. The molecule has 0 aliphatic rings. The van der Waals surface area contributed by atoms with E-state index in [1.54, 1.807) is 29.9 Å². The molecular weight excluding hydrogens is 194 g/mol. The van der Waals surface area contributed by atoms with Crippen LogP contribution in [0.2, 0.25) is 0 Å². The summed E-state index contributed by atoms with van der Waals surface area (Å²) >= 11 is 0. The van der Waals surface area contributed by atoms with Gasteiger partial charge in [-0.2, -0.15) is 0 Å². The first kappa shape index (κ1) is 11.6. The zero-order valence-corrected chi connectivity index (χ0v) is 9.18. The Labute approximate surface area is 89.3 Å². The maximum atomic E-state index is 11.2. The van der Waals surface area contributed by atoms with Gasteiger partial charge in [0.05, 0.1) is 12.7 Å². The van der Waals surface area contributed by atoms with E-state index >= 15 is 0 Å². The van der Waals surface area contributed by atoms with E-state index in [9.17, 15) is 4.79 Å². The minimum absolute atomic E-state index is 0.142. The average Bonchev–Trinajstić information content (AvgIpc) is 2.69. The molecule has 1 N–H and O–H groups in total. The van der Waals surface area contributed by atoms with E-state index in [2.05, 4.69) is 15.6 Å². The van der Waals surface area contributed by atoms with Crippen LogP contribution < -0.4 is 5.32 Å².